The second-order valence-electron chi connectivity index (χ2n) is 3.57. The number of nitro groups is 1. The first-order valence-corrected chi connectivity index (χ1v) is 6.28. The van der Waals surface area contributed by atoms with Gasteiger partial charge in [-0.1, -0.05) is 6.92 Å². The number of nitrogens with zero attached hydrogens (tertiary/aromatic N) is 1. The summed E-state index contributed by atoms with van der Waals surface area (Å²) in [7, 11) is 0. The highest BCUT2D eigenvalue weighted by Gasteiger charge is 2.10. The summed E-state index contributed by atoms with van der Waals surface area (Å²) < 4.78 is 0.494. The number of halogens is 1. The van der Waals surface area contributed by atoms with Crippen molar-refractivity contribution in [3.63, 3.8) is 0 Å². The number of non-ortho nitro benzene ring substituents is 1. The third-order valence-corrected chi connectivity index (χ3v) is 2.87. The van der Waals surface area contributed by atoms with Crippen molar-refractivity contribution in [1.82, 2.24) is 5.32 Å². The van der Waals surface area contributed by atoms with Crippen molar-refractivity contribution < 1.29 is 9.72 Å². The molecule has 18 heavy (non-hydrogen) atoms. The number of hydrogen-bond acceptors (Lipinski definition) is 4. The first-order chi connectivity index (χ1) is 8.54. The molecule has 0 aromatic heterocycles. The van der Waals surface area contributed by atoms with Crippen LogP contribution in [0.1, 0.15) is 13.3 Å². The number of nitro benzene ring substituents is 1. The van der Waals surface area contributed by atoms with E-state index in [-0.39, 0.29) is 11.6 Å². The zero-order valence-electron chi connectivity index (χ0n) is 9.90. The summed E-state index contributed by atoms with van der Waals surface area (Å²) in [6, 6.07) is 4.22. The van der Waals surface area contributed by atoms with E-state index in [1.807, 2.05) is 6.92 Å². The first kappa shape index (κ1) is 14.6. The van der Waals surface area contributed by atoms with Crippen LogP contribution in [-0.4, -0.2) is 23.9 Å². The molecule has 1 rings (SSSR count). The number of hydrogen-bond donors (Lipinski definition) is 2. The normalized spacial score (nSPS) is 10.1. The Balaban J connectivity index is 2.62. The van der Waals surface area contributed by atoms with E-state index in [4.69, 9.17) is 0 Å². The van der Waals surface area contributed by atoms with Crippen LogP contribution in [0.15, 0.2) is 22.7 Å². The molecular formula is C11H14BrN3O3. The molecule has 7 heteroatoms. The molecule has 0 atom stereocenters. The molecular weight excluding hydrogens is 302 g/mol. The Morgan fingerprint density at radius 3 is 2.78 bits per heavy atom. The molecule has 0 unspecified atom stereocenters. The third kappa shape index (κ3) is 4.42. The second-order valence-corrected chi connectivity index (χ2v) is 4.43. The number of anilines is 1. The summed E-state index contributed by atoms with van der Waals surface area (Å²) in [5.74, 6) is -0.134. The average Bonchev–Trinajstić information content (AvgIpc) is 2.32. The van der Waals surface area contributed by atoms with E-state index in [2.05, 4.69) is 26.6 Å². The van der Waals surface area contributed by atoms with Crippen LogP contribution in [0.4, 0.5) is 11.4 Å². The second kappa shape index (κ2) is 7.07. The van der Waals surface area contributed by atoms with E-state index in [1.165, 1.54) is 18.2 Å². The summed E-state index contributed by atoms with van der Waals surface area (Å²) in [4.78, 5) is 21.6. The molecule has 0 saturated heterocycles. The third-order valence-electron chi connectivity index (χ3n) is 2.22. The van der Waals surface area contributed by atoms with Gasteiger partial charge >= 0.3 is 0 Å². The highest BCUT2D eigenvalue weighted by Crippen LogP contribution is 2.27. The Hall–Kier alpha value is -1.47. The number of nitrogens with one attached hydrogen (secondary N) is 2. The summed E-state index contributed by atoms with van der Waals surface area (Å²) >= 11 is 3.19. The van der Waals surface area contributed by atoms with Gasteiger partial charge in [0.1, 0.15) is 0 Å². The molecule has 0 fully saturated rings. The molecule has 98 valence electrons. The lowest BCUT2D eigenvalue weighted by Crippen LogP contribution is -2.21. The van der Waals surface area contributed by atoms with E-state index in [0.29, 0.717) is 23.1 Å². The first-order valence-electron chi connectivity index (χ1n) is 5.49. The Labute approximate surface area is 113 Å². The van der Waals surface area contributed by atoms with Crippen molar-refractivity contribution in [3.8, 4) is 0 Å². The largest absolute Gasteiger partial charge is 0.325 e. The minimum Gasteiger partial charge on any atom is -0.325 e. The quantitative estimate of drug-likeness (QED) is 0.479. The molecule has 0 bridgehead atoms. The summed E-state index contributed by atoms with van der Waals surface area (Å²) in [5, 5.41) is 16.3. The maximum atomic E-state index is 11.6. The molecule has 0 saturated carbocycles. The van der Waals surface area contributed by atoms with Crippen molar-refractivity contribution >= 4 is 33.2 Å². The molecule has 1 amide bonds. The van der Waals surface area contributed by atoms with E-state index in [9.17, 15) is 14.9 Å². The lowest BCUT2D eigenvalue weighted by Gasteiger charge is -2.07. The maximum absolute atomic E-state index is 11.6. The van der Waals surface area contributed by atoms with Gasteiger partial charge in [0.2, 0.25) is 5.91 Å². The van der Waals surface area contributed by atoms with Gasteiger partial charge in [0.15, 0.2) is 0 Å². The number of carbonyl (C=O) groups excluding carboxylic acids is 1. The number of rotatable bonds is 6. The van der Waals surface area contributed by atoms with Gasteiger partial charge in [-0.3, -0.25) is 14.9 Å². The van der Waals surface area contributed by atoms with Crippen LogP contribution in [0.25, 0.3) is 0 Å². The van der Waals surface area contributed by atoms with Crippen LogP contribution in [0.3, 0.4) is 0 Å². The maximum Gasteiger partial charge on any atom is 0.270 e. The molecule has 0 aliphatic rings. The van der Waals surface area contributed by atoms with E-state index in [0.717, 1.165) is 6.54 Å². The number of carbonyl (C=O) groups is 1. The molecule has 0 aliphatic carbocycles. The number of benzene rings is 1. The molecule has 0 aliphatic heterocycles. The molecule has 1 aromatic rings. The van der Waals surface area contributed by atoms with Crippen LogP contribution < -0.4 is 10.6 Å². The molecule has 0 heterocycles. The van der Waals surface area contributed by atoms with Gasteiger partial charge in [0.25, 0.3) is 5.69 Å². The van der Waals surface area contributed by atoms with Gasteiger partial charge in [-0.15, -0.1) is 0 Å². The minimum atomic E-state index is -0.485. The SMILES string of the molecule is CCNCCC(=O)Nc1ccc([N+](=O)[O-])cc1Br. The highest BCUT2D eigenvalue weighted by molar-refractivity contribution is 9.10. The predicted molar refractivity (Wildman–Crippen MR) is 72.6 cm³/mol. The predicted octanol–water partition coefficient (Wildman–Crippen LogP) is 2.30. The number of amides is 1. The smallest absolute Gasteiger partial charge is 0.270 e. The monoisotopic (exact) mass is 315 g/mol. The fourth-order valence-corrected chi connectivity index (χ4v) is 1.78. The Bertz CT molecular complexity index is 451. The van der Waals surface area contributed by atoms with Gasteiger partial charge < -0.3 is 10.6 Å². The van der Waals surface area contributed by atoms with Crippen LogP contribution >= 0.6 is 15.9 Å². The van der Waals surface area contributed by atoms with Crippen molar-refractivity contribution in [1.29, 1.82) is 0 Å². The molecule has 1 aromatic carbocycles. The van der Waals surface area contributed by atoms with Gasteiger partial charge in [-0.05, 0) is 28.5 Å². The summed E-state index contributed by atoms with van der Waals surface area (Å²) in [6.45, 7) is 3.38. The molecule has 2 N–H and O–H groups in total. The Morgan fingerprint density at radius 2 is 2.22 bits per heavy atom. The van der Waals surface area contributed by atoms with Crippen LogP contribution in [0.5, 0.6) is 0 Å². The molecule has 0 spiro atoms. The van der Waals surface area contributed by atoms with E-state index < -0.39 is 4.92 Å². The van der Waals surface area contributed by atoms with Crippen LogP contribution in [0, 0.1) is 10.1 Å². The fraction of sp³-hybridized carbons (Fsp3) is 0.364. The van der Waals surface area contributed by atoms with Gasteiger partial charge in [-0.25, -0.2) is 0 Å². The summed E-state index contributed by atoms with van der Waals surface area (Å²) in [5.41, 5.74) is 0.509. The summed E-state index contributed by atoms with van der Waals surface area (Å²) in [6.07, 6.45) is 0.358. The average molecular weight is 316 g/mol. The lowest BCUT2D eigenvalue weighted by atomic mass is 10.2. The molecule has 6 nitrogen and oxygen atoms in total. The zero-order chi connectivity index (χ0) is 13.5. The van der Waals surface area contributed by atoms with Crippen molar-refractivity contribution in [3.05, 3.63) is 32.8 Å². The Morgan fingerprint density at radius 1 is 1.50 bits per heavy atom. The van der Waals surface area contributed by atoms with E-state index in [1.54, 1.807) is 0 Å². The van der Waals surface area contributed by atoms with Gasteiger partial charge in [0, 0.05) is 29.6 Å². The minimum absolute atomic E-state index is 0.0208. The van der Waals surface area contributed by atoms with Gasteiger partial charge in [0.05, 0.1) is 10.6 Å². The highest BCUT2D eigenvalue weighted by atomic mass is 79.9. The van der Waals surface area contributed by atoms with Crippen LogP contribution in [-0.2, 0) is 4.79 Å². The topological polar surface area (TPSA) is 84.3 Å². The van der Waals surface area contributed by atoms with Gasteiger partial charge in [-0.2, -0.15) is 0 Å². The van der Waals surface area contributed by atoms with E-state index >= 15 is 0 Å². The standard InChI is InChI=1S/C11H14BrN3O3/c1-2-13-6-5-11(16)14-10-4-3-8(15(17)18)7-9(10)12/h3-4,7,13H,2,5-6H2,1H3,(H,14,16). The zero-order valence-corrected chi connectivity index (χ0v) is 11.5. The molecule has 0 radical (unpaired) electrons. The van der Waals surface area contributed by atoms with Crippen molar-refractivity contribution in [2.24, 2.45) is 0 Å². The Kier molecular flexibility index (Phi) is 5.73. The van der Waals surface area contributed by atoms with Crippen molar-refractivity contribution in [2.45, 2.75) is 13.3 Å². The van der Waals surface area contributed by atoms with Crippen molar-refractivity contribution in [2.75, 3.05) is 18.4 Å². The lowest BCUT2D eigenvalue weighted by molar-refractivity contribution is -0.384. The fourth-order valence-electron chi connectivity index (χ4n) is 1.31. The van der Waals surface area contributed by atoms with Crippen LogP contribution in [0.2, 0.25) is 0 Å².